The van der Waals surface area contributed by atoms with E-state index in [0.29, 0.717) is 13.0 Å². The van der Waals surface area contributed by atoms with Crippen molar-refractivity contribution in [3.05, 3.63) is 23.3 Å². The van der Waals surface area contributed by atoms with Crippen LogP contribution >= 0.6 is 0 Å². The number of rotatable bonds is 3. The molecule has 1 saturated heterocycles. The number of nitrogens with one attached hydrogen (secondary N) is 1. The summed E-state index contributed by atoms with van der Waals surface area (Å²) >= 11 is 0. The van der Waals surface area contributed by atoms with E-state index >= 15 is 0 Å². The lowest BCUT2D eigenvalue weighted by atomic mass is 9.78. The molecule has 26 heavy (non-hydrogen) atoms. The predicted octanol–water partition coefficient (Wildman–Crippen LogP) is 1.81. The molecule has 0 spiro atoms. The highest BCUT2D eigenvalue weighted by Gasteiger charge is 2.48. The highest BCUT2D eigenvalue weighted by molar-refractivity contribution is 5.59. The number of nitrogens with zero attached hydrogens (tertiary/aromatic N) is 4. The smallest absolute Gasteiger partial charge is 0.249 e. The van der Waals surface area contributed by atoms with Crippen LogP contribution in [0.2, 0.25) is 0 Å². The number of hydrogen-bond donors (Lipinski definition) is 2. The Hall–Kier alpha value is -2.38. The van der Waals surface area contributed by atoms with E-state index in [1.54, 1.807) is 6.07 Å². The molecular formula is C16H16F3N5O2. The molecule has 0 amide bonds. The molecule has 0 aromatic carbocycles. The number of ether oxygens (including phenoxy) is 1. The molecule has 1 aliphatic carbocycles. The van der Waals surface area contributed by atoms with E-state index in [0.717, 1.165) is 0 Å². The molecule has 2 fully saturated rings. The molecule has 2 aliphatic rings. The number of alkyl halides is 2. The minimum absolute atomic E-state index is 0.0372. The van der Waals surface area contributed by atoms with E-state index in [2.05, 4.69) is 15.4 Å². The van der Waals surface area contributed by atoms with Gasteiger partial charge in [0, 0.05) is 25.4 Å². The van der Waals surface area contributed by atoms with Gasteiger partial charge in [-0.2, -0.15) is 5.26 Å². The Bertz CT molecular complexity index is 886. The standard InChI is InChI=1S/C16H16F3N5O2/c17-13-9(5-20)14(8-3-16(18,19)4-8)24-11(13)6-21-15(23-24)22-10-1-2-26-7-12(10)25/h6,8,10,12,25H,1-4,7H2,(H,22,23)/t10-,12-/m1/s1. The Morgan fingerprint density at radius 1 is 1.42 bits per heavy atom. The number of nitriles is 1. The molecule has 2 aromatic heterocycles. The van der Waals surface area contributed by atoms with Crippen LogP contribution in [0, 0.1) is 17.1 Å². The summed E-state index contributed by atoms with van der Waals surface area (Å²) in [5.74, 6) is -4.14. The van der Waals surface area contributed by atoms with Crippen molar-refractivity contribution >= 4 is 11.5 Å². The zero-order valence-corrected chi connectivity index (χ0v) is 13.6. The van der Waals surface area contributed by atoms with Crippen LogP contribution in [-0.2, 0) is 4.74 Å². The molecule has 1 saturated carbocycles. The molecule has 10 heteroatoms. The fraction of sp³-hybridized carbons (Fsp3) is 0.562. The monoisotopic (exact) mass is 367 g/mol. The SMILES string of the molecule is N#Cc1c(F)c2cnc(N[C@@H]3CCOC[C@H]3O)nn2c1C1CC(F)(F)C1. The van der Waals surface area contributed by atoms with Crippen LogP contribution in [0.5, 0.6) is 0 Å². The average Bonchev–Trinajstić information content (AvgIpc) is 2.86. The van der Waals surface area contributed by atoms with Crippen molar-refractivity contribution in [2.45, 2.75) is 43.2 Å². The molecule has 0 bridgehead atoms. The summed E-state index contributed by atoms with van der Waals surface area (Å²) in [6, 6.07) is 1.41. The molecule has 7 nitrogen and oxygen atoms in total. The summed E-state index contributed by atoms with van der Waals surface area (Å²) in [7, 11) is 0. The summed E-state index contributed by atoms with van der Waals surface area (Å²) in [4.78, 5) is 4.02. The molecule has 0 radical (unpaired) electrons. The van der Waals surface area contributed by atoms with Crippen LogP contribution in [0.15, 0.2) is 6.20 Å². The van der Waals surface area contributed by atoms with Gasteiger partial charge in [-0.3, -0.25) is 0 Å². The number of halogens is 3. The van der Waals surface area contributed by atoms with Crippen LogP contribution < -0.4 is 5.32 Å². The van der Waals surface area contributed by atoms with E-state index in [1.165, 1.54) is 10.7 Å². The van der Waals surface area contributed by atoms with E-state index in [4.69, 9.17) is 4.74 Å². The first kappa shape index (κ1) is 17.1. The molecule has 3 heterocycles. The Morgan fingerprint density at radius 2 is 2.19 bits per heavy atom. The van der Waals surface area contributed by atoms with Crippen molar-refractivity contribution in [2.24, 2.45) is 0 Å². The quantitative estimate of drug-likeness (QED) is 0.859. The Labute approximate surface area is 146 Å². The first-order valence-corrected chi connectivity index (χ1v) is 8.27. The maximum absolute atomic E-state index is 14.5. The molecular weight excluding hydrogens is 351 g/mol. The zero-order chi connectivity index (χ0) is 18.5. The average molecular weight is 367 g/mol. The van der Waals surface area contributed by atoms with Gasteiger partial charge in [0.2, 0.25) is 11.9 Å². The first-order chi connectivity index (χ1) is 12.4. The van der Waals surface area contributed by atoms with Crippen LogP contribution in [0.3, 0.4) is 0 Å². The van der Waals surface area contributed by atoms with Gasteiger partial charge in [-0.25, -0.2) is 22.7 Å². The summed E-state index contributed by atoms with van der Waals surface area (Å²) in [6.45, 7) is 0.648. The predicted molar refractivity (Wildman–Crippen MR) is 83.4 cm³/mol. The third kappa shape index (κ3) is 2.77. The molecule has 0 unspecified atom stereocenters. The van der Waals surface area contributed by atoms with Crippen molar-refractivity contribution in [1.82, 2.24) is 14.6 Å². The lowest BCUT2D eigenvalue weighted by molar-refractivity contribution is -0.0879. The number of hydrogen-bond acceptors (Lipinski definition) is 6. The van der Waals surface area contributed by atoms with Gasteiger partial charge in [0.05, 0.1) is 30.6 Å². The van der Waals surface area contributed by atoms with Gasteiger partial charge in [0.1, 0.15) is 17.1 Å². The van der Waals surface area contributed by atoms with Gasteiger partial charge in [-0.05, 0) is 6.42 Å². The van der Waals surface area contributed by atoms with Crippen molar-refractivity contribution in [3.63, 3.8) is 0 Å². The molecule has 2 aromatic rings. The van der Waals surface area contributed by atoms with E-state index in [1.807, 2.05) is 0 Å². The minimum Gasteiger partial charge on any atom is -0.389 e. The fourth-order valence-electron chi connectivity index (χ4n) is 3.49. The fourth-order valence-corrected chi connectivity index (χ4v) is 3.49. The van der Waals surface area contributed by atoms with Crippen molar-refractivity contribution < 1.29 is 23.0 Å². The number of fused-ring (bicyclic) bond motifs is 1. The van der Waals surface area contributed by atoms with Crippen molar-refractivity contribution in [3.8, 4) is 6.07 Å². The largest absolute Gasteiger partial charge is 0.389 e. The van der Waals surface area contributed by atoms with E-state index in [9.17, 15) is 23.5 Å². The zero-order valence-electron chi connectivity index (χ0n) is 13.6. The van der Waals surface area contributed by atoms with E-state index < -0.39 is 36.6 Å². The maximum Gasteiger partial charge on any atom is 0.249 e. The number of aromatic nitrogens is 3. The van der Waals surface area contributed by atoms with Gasteiger partial charge < -0.3 is 15.2 Å². The third-order valence-corrected chi connectivity index (χ3v) is 4.89. The van der Waals surface area contributed by atoms with Crippen LogP contribution in [0.25, 0.3) is 5.52 Å². The normalized spacial score (nSPS) is 25.7. The lowest BCUT2D eigenvalue weighted by Crippen LogP contribution is -2.42. The maximum atomic E-state index is 14.5. The summed E-state index contributed by atoms with van der Waals surface area (Å²) in [5, 5.41) is 26.4. The van der Waals surface area contributed by atoms with Crippen LogP contribution in [0.1, 0.15) is 36.4 Å². The Morgan fingerprint density at radius 3 is 2.85 bits per heavy atom. The van der Waals surface area contributed by atoms with E-state index in [-0.39, 0.29) is 35.4 Å². The van der Waals surface area contributed by atoms with Crippen LogP contribution in [-0.4, -0.2) is 51.0 Å². The molecule has 2 atom stereocenters. The minimum atomic E-state index is -2.81. The highest BCUT2D eigenvalue weighted by atomic mass is 19.3. The lowest BCUT2D eigenvalue weighted by Gasteiger charge is -2.34. The summed E-state index contributed by atoms with van der Waals surface area (Å²) < 4.78 is 47.4. The molecule has 4 rings (SSSR count). The topological polar surface area (TPSA) is 95.5 Å². The highest BCUT2D eigenvalue weighted by Crippen LogP contribution is 2.49. The second kappa shape index (κ2) is 6.10. The molecule has 2 N–H and O–H groups in total. The van der Waals surface area contributed by atoms with Gasteiger partial charge in [-0.1, -0.05) is 0 Å². The number of anilines is 1. The number of aliphatic hydroxyl groups excluding tert-OH is 1. The van der Waals surface area contributed by atoms with Crippen molar-refractivity contribution in [2.75, 3.05) is 18.5 Å². The Balaban J connectivity index is 1.71. The van der Waals surface area contributed by atoms with Gasteiger partial charge in [0.25, 0.3) is 0 Å². The second-order valence-electron chi connectivity index (χ2n) is 6.71. The molecule has 1 aliphatic heterocycles. The van der Waals surface area contributed by atoms with Crippen molar-refractivity contribution in [1.29, 1.82) is 5.26 Å². The van der Waals surface area contributed by atoms with Crippen LogP contribution in [0.4, 0.5) is 19.1 Å². The number of aliphatic hydroxyl groups is 1. The molecule has 138 valence electrons. The van der Waals surface area contributed by atoms with Gasteiger partial charge >= 0.3 is 0 Å². The van der Waals surface area contributed by atoms with Gasteiger partial charge in [-0.15, -0.1) is 5.10 Å². The summed E-state index contributed by atoms with van der Waals surface area (Å²) in [6.07, 6.45) is 0.103. The summed E-state index contributed by atoms with van der Waals surface area (Å²) in [5.41, 5.74) is -0.170. The first-order valence-electron chi connectivity index (χ1n) is 8.27. The Kier molecular flexibility index (Phi) is 4.00. The second-order valence-corrected chi connectivity index (χ2v) is 6.71. The third-order valence-electron chi connectivity index (χ3n) is 4.89. The van der Waals surface area contributed by atoms with Gasteiger partial charge in [0.15, 0.2) is 5.82 Å².